The molecule has 1 rings (SSSR count). The number of aliphatic hydroxyl groups is 1. The molecule has 4 heteroatoms. The van der Waals surface area contributed by atoms with Crippen LogP contribution in [0.3, 0.4) is 0 Å². The summed E-state index contributed by atoms with van der Waals surface area (Å²) in [4.78, 5) is 2.96. The fourth-order valence-electron chi connectivity index (χ4n) is 1.81. The lowest BCUT2D eigenvalue weighted by atomic mass is 9.91. The van der Waals surface area contributed by atoms with Crippen LogP contribution in [0, 0.1) is 0 Å². The predicted molar refractivity (Wildman–Crippen MR) is 62.3 cm³/mol. The van der Waals surface area contributed by atoms with Crippen LogP contribution in [0.1, 0.15) is 32.1 Å². The van der Waals surface area contributed by atoms with E-state index in [1.165, 1.54) is 19.3 Å². The van der Waals surface area contributed by atoms with Crippen molar-refractivity contribution in [3.8, 4) is 0 Å². The second kappa shape index (κ2) is 6.32. The van der Waals surface area contributed by atoms with Crippen LogP contribution in [0.4, 0.5) is 0 Å². The van der Waals surface area contributed by atoms with Crippen molar-refractivity contribution in [2.24, 2.45) is 5.73 Å². The highest BCUT2D eigenvalue weighted by Gasteiger charge is 2.23. The van der Waals surface area contributed by atoms with Crippen LogP contribution in [-0.4, -0.2) is 40.7 Å². The molecule has 1 saturated carbocycles. The van der Waals surface area contributed by atoms with Crippen LogP contribution in [0.5, 0.6) is 0 Å². The van der Waals surface area contributed by atoms with E-state index < -0.39 is 0 Å². The van der Waals surface area contributed by atoms with Gasteiger partial charge >= 0.3 is 0 Å². The van der Waals surface area contributed by atoms with Gasteiger partial charge < -0.3 is 10.8 Å². The quantitative estimate of drug-likeness (QED) is 0.621. The zero-order valence-corrected chi connectivity index (χ0v) is 9.43. The summed E-state index contributed by atoms with van der Waals surface area (Å²) in [5.41, 5.74) is 5.44. The normalized spacial score (nSPS) is 17.0. The lowest BCUT2D eigenvalue weighted by Gasteiger charge is -2.37. The van der Waals surface area contributed by atoms with Crippen LogP contribution in [0.2, 0.25) is 0 Å². The maximum absolute atomic E-state index is 8.92. The van der Waals surface area contributed by atoms with Gasteiger partial charge in [0.05, 0.1) is 11.6 Å². The maximum Gasteiger partial charge on any atom is 0.0727 e. The Balaban J connectivity index is 2.17. The molecule has 1 aliphatic rings. The molecule has 0 radical (unpaired) electrons. The number of nitrogens with two attached hydrogens (primary N) is 1. The molecule has 0 heterocycles. The summed E-state index contributed by atoms with van der Waals surface area (Å²) in [6, 6.07) is 0.702. The van der Waals surface area contributed by atoms with E-state index >= 15 is 0 Å². The molecule has 0 aliphatic heterocycles. The molecule has 0 amide bonds. The average molecular weight is 216 g/mol. The van der Waals surface area contributed by atoms with Gasteiger partial charge in [-0.2, -0.15) is 0 Å². The van der Waals surface area contributed by atoms with Gasteiger partial charge in [0.15, 0.2) is 0 Å². The van der Waals surface area contributed by atoms with Crippen LogP contribution in [-0.2, 0) is 0 Å². The second-order valence-electron chi connectivity index (χ2n) is 3.91. The van der Waals surface area contributed by atoms with Crippen molar-refractivity contribution in [3.05, 3.63) is 0 Å². The first-order chi connectivity index (χ1) is 6.74. The van der Waals surface area contributed by atoms with E-state index in [0.717, 1.165) is 25.9 Å². The highest BCUT2D eigenvalue weighted by molar-refractivity contribution is 7.80. The monoisotopic (exact) mass is 216 g/mol. The van der Waals surface area contributed by atoms with Gasteiger partial charge in [0.25, 0.3) is 0 Å². The molecule has 3 N–H and O–H groups in total. The smallest absolute Gasteiger partial charge is 0.0727 e. The molecule has 0 aromatic heterocycles. The molecular weight excluding hydrogens is 196 g/mol. The van der Waals surface area contributed by atoms with E-state index in [9.17, 15) is 0 Å². The predicted octanol–water partition coefficient (Wildman–Crippen LogP) is 0.899. The lowest BCUT2D eigenvalue weighted by Crippen LogP contribution is -2.42. The standard InChI is InChI=1S/C10H20N2OS/c11-10(14)5-2-6-12(7-8-13)9-3-1-4-9/h9,13H,1-8H2,(H2,11,14). The summed E-state index contributed by atoms with van der Waals surface area (Å²) in [6.45, 7) is 2.06. The third-order valence-corrected chi connectivity index (χ3v) is 3.05. The van der Waals surface area contributed by atoms with Crippen molar-refractivity contribution in [2.75, 3.05) is 19.7 Å². The summed E-state index contributed by atoms with van der Waals surface area (Å²) in [6.07, 6.45) is 5.75. The van der Waals surface area contributed by atoms with Crippen molar-refractivity contribution in [1.82, 2.24) is 4.90 Å². The SMILES string of the molecule is NC(=S)CCCN(CCO)C1CCC1. The first-order valence-electron chi connectivity index (χ1n) is 5.37. The first-order valence-corrected chi connectivity index (χ1v) is 5.78. The Kier molecular flexibility index (Phi) is 5.37. The van der Waals surface area contributed by atoms with Crippen LogP contribution < -0.4 is 5.73 Å². The van der Waals surface area contributed by atoms with Crippen LogP contribution in [0.15, 0.2) is 0 Å². The van der Waals surface area contributed by atoms with Crippen molar-refractivity contribution in [1.29, 1.82) is 0 Å². The van der Waals surface area contributed by atoms with Gasteiger partial charge in [-0.1, -0.05) is 18.6 Å². The summed E-state index contributed by atoms with van der Waals surface area (Å²) >= 11 is 4.83. The summed E-state index contributed by atoms with van der Waals surface area (Å²) in [5, 5.41) is 8.92. The molecule has 14 heavy (non-hydrogen) atoms. The number of rotatable bonds is 7. The Morgan fingerprint density at radius 3 is 2.57 bits per heavy atom. The van der Waals surface area contributed by atoms with Crippen molar-refractivity contribution < 1.29 is 5.11 Å². The Hall–Kier alpha value is -0.190. The molecule has 0 aromatic carbocycles. The fraction of sp³-hybridized carbons (Fsp3) is 0.900. The topological polar surface area (TPSA) is 49.5 Å². The average Bonchev–Trinajstić information content (AvgIpc) is 2.00. The van der Waals surface area contributed by atoms with E-state index in [-0.39, 0.29) is 6.61 Å². The lowest BCUT2D eigenvalue weighted by molar-refractivity contribution is 0.101. The summed E-state index contributed by atoms with van der Waals surface area (Å²) in [7, 11) is 0. The van der Waals surface area contributed by atoms with Gasteiger partial charge in [0, 0.05) is 12.6 Å². The molecule has 0 atom stereocenters. The molecule has 3 nitrogen and oxygen atoms in total. The molecule has 1 fully saturated rings. The number of hydrogen-bond donors (Lipinski definition) is 2. The van der Waals surface area contributed by atoms with Crippen LogP contribution in [0.25, 0.3) is 0 Å². The molecule has 0 spiro atoms. The van der Waals surface area contributed by atoms with Crippen LogP contribution >= 0.6 is 12.2 Å². The van der Waals surface area contributed by atoms with E-state index in [2.05, 4.69) is 4.90 Å². The molecular formula is C10H20N2OS. The zero-order valence-electron chi connectivity index (χ0n) is 8.61. The van der Waals surface area contributed by atoms with Gasteiger partial charge in [-0.05, 0) is 32.2 Å². The number of aliphatic hydroxyl groups excluding tert-OH is 1. The Labute approximate surface area is 91.3 Å². The molecule has 1 aliphatic carbocycles. The van der Waals surface area contributed by atoms with E-state index in [0.29, 0.717) is 11.0 Å². The maximum atomic E-state index is 8.92. The molecule has 0 bridgehead atoms. The van der Waals surface area contributed by atoms with Gasteiger partial charge in [-0.25, -0.2) is 0 Å². The van der Waals surface area contributed by atoms with Crippen molar-refractivity contribution in [3.63, 3.8) is 0 Å². The summed E-state index contributed by atoms with van der Waals surface area (Å²) in [5.74, 6) is 0. The zero-order chi connectivity index (χ0) is 10.4. The number of thiocarbonyl (C=S) groups is 1. The van der Waals surface area contributed by atoms with Gasteiger partial charge in [-0.15, -0.1) is 0 Å². The first kappa shape index (κ1) is 11.9. The van der Waals surface area contributed by atoms with Gasteiger partial charge in [0.1, 0.15) is 0 Å². The highest BCUT2D eigenvalue weighted by Crippen LogP contribution is 2.24. The Bertz CT molecular complexity index is 183. The fourth-order valence-corrected chi connectivity index (χ4v) is 1.96. The van der Waals surface area contributed by atoms with E-state index in [4.69, 9.17) is 23.1 Å². The van der Waals surface area contributed by atoms with Gasteiger partial charge in [0.2, 0.25) is 0 Å². The van der Waals surface area contributed by atoms with E-state index in [1.807, 2.05) is 0 Å². The highest BCUT2D eigenvalue weighted by atomic mass is 32.1. The third kappa shape index (κ3) is 3.90. The minimum Gasteiger partial charge on any atom is -0.395 e. The van der Waals surface area contributed by atoms with E-state index in [1.54, 1.807) is 0 Å². The number of hydrogen-bond acceptors (Lipinski definition) is 3. The second-order valence-corrected chi connectivity index (χ2v) is 4.44. The Morgan fingerprint density at radius 2 is 2.14 bits per heavy atom. The van der Waals surface area contributed by atoms with Crippen molar-refractivity contribution >= 4 is 17.2 Å². The molecule has 0 saturated heterocycles. The largest absolute Gasteiger partial charge is 0.395 e. The minimum atomic E-state index is 0.254. The minimum absolute atomic E-state index is 0.254. The van der Waals surface area contributed by atoms with Gasteiger partial charge in [-0.3, -0.25) is 4.90 Å². The Morgan fingerprint density at radius 1 is 1.43 bits per heavy atom. The molecule has 0 aromatic rings. The summed E-state index contributed by atoms with van der Waals surface area (Å²) < 4.78 is 0. The number of nitrogens with zero attached hydrogens (tertiary/aromatic N) is 1. The molecule has 0 unspecified atom stereocenters. The third-order valence-electron chi connectivity index (χ3n) is 2.85. The van der Waals surface area contributed by atoms with Crippen molar-refractivity contribution in [2.45, 2.75) is 38.1 Å². The molecule has 82 valence electrons.